The van der Waals surface area contributed by atoms with Gasteiger partial charge in [0.25, 0.3) is 0 Å². The standard InChI is InChI=1S/C22H27N3O3.2ClH/c1-27-20-5-4-19(13-21(20)28-14-15-6-8-23-9-7-15)25-22(26)12-16-10-17-2-3-18(11-16)24-17;;/h4-9,13,16-18,24H,2-3,10-12,14H2,1H3,(H,25,26);2*1H. The molecule has 30 heavy (non-hydrogen) atoms. The molecule has 2 unspecified atom stereocenters. The zero-order chi connectivity index (χ0) is 19.3. The Morgan fingerprint density at radius 1 is 1.10 bits per heavy atom. The minimum absolute atomic E-state index is 0. The number of piperidine rings is 1. The maximum atomic E-state index is 12.5. The average Bonchev–Trinajstić information content (AvgIpc) is 3.05. The Bertz CT molecular complexity index is 811. The summed E-state index contributed by atoms with van der Waals surface area (Å²) in [4.78, 5) is 16.6. The number of halogens is 2. The van der Waals surface area contributed by atoms with Crippen molar-refractivity contribution >= 4 is 36.4 Å². The zero-order valence-corrected chi connectivity index (χ0v) is 18.6. The summed E-state index contributed by atoms with van der Waals surface area (Å²) < 4.78 is 11.3. The Morgan fingerprint density at radius 2 is 1.80 bits per heavy atom. The van der Waals surface area contributed by atoms with Crippen LogP contribution < -0.4 is 20.1 Å². The molecule has 2 fully saturated rings. The van der Waals surface area contributed by atoms with E-state index >= 15 is 0 Å². The summed E-state index contributed by atoms with van der Waals surface area (Å²) in [6.45, 7) is 0.411. The van der Waals surface area contributed by atoms with Crippen molar-refractivity contribution in [3.05, 3.63) is 48.3 Å². The molecule has 2 bridgehead atoms. The summed E-state index contributed by atoms with van der Waals surface area (Å²) in [6.07, 6.45) is 8.76. The van der Waals surface area contributed by atoms with Gasteiger partial charge < -0.3 is 20.1 Å². The van der Waals surface area contributed by atoms with Crippen molar-refractivity contribution in [2.45, 2.75) is 50.8 Å². The lowest BCUT2D eigenvalue weighted by Crippen LogP contribution is -2.39. The molecule has 2 aliphatic rings. The summed E-state index contributed by atoms with van der Waals surface area (Å²) >= 11 is 0. The molecule has 0 radical (unpaired) electrons. The summed E-state index contributed by atoms with van der Waals surface area (Å²) in [7, 11) is 1.61. The van der Waals surface area contributed by atoms with E-state index in [9.17, 15) is 4.79 Å². The number of aromatic nitrogens is 1. The third kappa shape index (κ3) is 6.24. The third-order valence-corrected chi connectivity index (χ3v) is 5.64. The van der Waals surface area contributed by atoms with E-state index in [1.54, 1.807) is 19.5 Å². The quantitative estimate of drug-likeness (QED) is 0.650. The number of amides is 1. The van der Waals surface area contributed by atoms with Crippen LogP contribution in [0.4, 0.5) is 5.69 Å². The van der Waals surface area contributed by atoms with Crippen LogP contribution in [0.1, 0.15) is 37.7 Å². The molecule has 2 aliphatic heterocycles. The van der Waals surface area contributed by atoms with Gasteiger partial charge in [0, 0.05) is 42.7 Å². The van der Waals surface area contributed by atoms with E-state index in [0.29, 0.717) is 42.5 Å². The largest absolute Gasteiger partial charge is 0.493 e. The number of pyridine rings is 1. The fourth-order valence-electron chi connectivity index (χ4n) is 4.32. The van der Waals surface area contributed by atoms with Crippen molar-refractivity contribution < 1.29 is 14.3 Å². The number of methoxy groups -OCH3 is 1. The van der Waals surface area contributed by atoms with Gasteiger partial charge in [-0.2, -0.15) is 0 Å². The highest BCUT2D eigenvalue weighted by Gasteiger charge is 2.34. The van der Waals surface area contributed by atoms with Gasteiger partial charge in [0.15, 0.2) is 11.5 Å². The van der Waals surface area contributed by atoms with Crippen LogP contribution in [-0.4, -0.2) is 30.1 Å². The Kier molecular flexibility index (Phi) is 9.21. The molecule has 0 spiro atoms. The van der Waals surface area contributed by atoms with E-state index in [4.69, 9.17) is 9.47 Å². The van der Waals surface area contributed by atoms with Crippen molar-refractivity contribution in [1.82, 2.24) is 10.3 Å². The summed E-state index contributed by atoms with van der Waals surface area (Å²) in [5, 5.41) is 6.65. The van der Waals surface area contributed by atoms with Crippen LogP contribution in [0.15, 0.2) is 42.7 Å². The normalized spacial score (nSPS) is 21.7. The first-order chi connectivity index (χ1) is 13.7. The maximum absolute atomic E-state index is 12.5. The van der Waals surface area contributed by atoms with Gasteiger partial charge in [-0.25, -0.2) is 0 Å². The highest BCUT2D eigenvalue weighted by molar-refractivity contribution is 5.91. The van der Waals surface area contributed by atoms with Crippen LogP contribution in [0, 0.1) is 5.92 Å². The fraction of sp³-hybridized carbons (Fsp3) is 0.455. The van der Waals surface area contributed by atoms with Gasteiger partial charge in [-0.15, -0.1) is 24.8 Å². The number of anilines is 1. The van der Waals surface area contributed by atoms with Crippen LogP contribution in [0.2, 0.25) is 0 Å². The number of nitrogens with one attached hydrogen (secondary N) is 2. The Balaban J connectivity index is 0.00000160. The molecule has 1 aromatic heterocycles. The van der Waals surface area contributed by atoms with Gasteiger partial charge in [0.1, 0.15) is 6.61 Å². The highest BCUT2D eigenvalue weighted by Crippen LogP contribution is 2.34. The van der Waals surface area contributed by atoms with Crippen molar-refractivity contribution in [3.63, 3.8) is 0 Å². The van der Waals surface area contributed by atoms with Crippen LogP contribution in [0.25, 0.3) is 0 Å². The van der Waals surface area contributed by atoms with Crippen molar-refractivity contribution in [1.29, 1.82) is 0 Å². The van der Waals surface area contributed by atoms with Crippen molar-refractivity contribution in [3.8, 4) is 11.5 Å². The molecule has 8 heteroatoms. The van der Waals surface area contributed by atoms with E-state index in [1.165, 1.54) is 12.8 Å². The molecule has 0 saturated carbocycles. The molecule has 164 valence electrons. The number of nitrogens with zero attached hydrogens (tertiary/aromatic N) is 1. The van der Waals surface area contributed by atoms with Crippen LogP contribution in [-0.2, 0) is 11.4 Å². The van der Waals surface area contributed by atoms with Gasteiger partial charge in [0.05, 0.1) is 7.11 Å². The van der Waals surface area contributed by atoms with Gasteiger partial charge in [-0.3, -0.25) is 9.78 Å². The first-order valence-corrected chi connectivity index (χ1v) is 9.95. The molecule has 6 nitrogen and oxygen atoms in total. The van der Waals surface area contributed by atoms with E-state index < -0.39 is 0 Å². The molecule has 2 saturated heterocycles. The topological polar surface area (TPSA) is 72.5 Å². The van der Waals surface area contributed by atoms with E-state index in [2.05, 4.69) is 15.6 Å². The number of carbonyl (C=O) groups is 1. The van der Waals surface area contributed by atoms with E-state index in [0.717, 1.165) is 24.1 Å². The SMILES string of the molecule is COc1ccc(NC(=O)CC2CC3CCC(C2)N3)cc1OCc1ccncc1.Cl.Cl. The predicted octanol–water partition coefficient (Wildman–Crippen LogP) is 4.37. The zero-order valence-electron chi connectivity index (χ0n) is 17.0. The summed E-state index contributed by atoms with van der Waals surface area (Å²) in [6, 6.07) is 10.5. The number of rotatable bonds is 7. The second-order valence-electron chi connectivity index (χ2n) is 7.74. The molecular weight excluding hydrogens is 425 g/mol. The number of ether oxygens (including phenoxy) is 2. The number of hydrogen-bond acceptors (Lipinski definition) is 5. The monoisotopic (exact) mass is 453 g/mol. The second-order valence-corrected chi connectivity index (χ2v) is 7.74. The van der Waals surface area contributed by atoms with Crippen molar-refractivity contribution in [2.24, 2.45) is 5.92 Å². The van der Waals surface area contributed by atoms with Gasteiger partial charge >= 0.3 is 0 Å². The lowest BCUT2D eigenvalue weighted by Gasteiger charge is -2.28. The maximum Gasteiger partial charge on any atom is 0.224 e. The van der Waals surface area contributed by atoms with Crippen LogP contribution in [0.5, 0.6) is 11.5 Å². The average molecular weight is 454 g/mol. The van der Waals surface area contributed by atoms with Crippen LogP contribution in [0.3, 0.4) is 0 Å². The fourth-order valence-corrected chi connectivity index (χ4v) is 4.32. The third-order valence-electron chi connectivity index (χ3n) is 5.64. The first-order valence-electron chi connectivity index (χ1n) is 9.95. The van der Waals surface area contributed by atoms with Gasteiger partial charge in [-0.05, 0) is 61.4 Å². The lowest BCUT2D eigenvalue weighted by atomic mass is 9.89. The van der Waals surface area contributed by atoms with Crippen LogP contribution >= 0.6 is 24.8 Å². The number of carbonyl (C=O) groups excluding carboxylic acids is 1. The van der Waals surface area contributed by atoms with E-state index in [-0.39, 0.29) is 30.7 Å². The van der Waals surface area contributed by atoms with Crippen molar-refractivity contribution in [2.75, 3.05) is 12.4 Å². The molecule has 1 aromatic carbocycles. The number of hydrogen-bond donors (Lipinski definition) is 2. The molecular formula is C22H29Cl2N3O3. The molecule has 3 heterocycles. The molecule has 0 aliphatic carbocycles. The summed E-state index contributed by atoms with van der Waals surface area (Å²) in [5.41, 5.74) is 1.75. The molecule has 1 amide bonds. The highest BCUT2D eigenvalue weighted by atomic mass is 35.5. The van der Waals surface area contributed by atoms with E-state index in [1.807, 2.05) is 30.3 Å². The minimum atomic E-state index is 0. The van der Waals surface area contributed by atoms with Gasteiger partial charge in [-0.1, -0.05) is 0 Å². The molecule has 2 N–H and O–H groups in total. The lowest BCUT2D eigenvalue weighted by molar-refractivity contribution is -0.117. The second kappa shape index (κ2) is 11.4. The Morgan fingerprint density at radius 3 is 2.47 bits per heavy atom. The first kappa shape index (κ1) is 24.3. The predicted molar refractivity (Wildman–Crippen MR) is 122 cm³/mol. The minimum Gasteiger partial charge on any atom is -0.493 e. The molecule has 2 aromatic rings. The number of fused-ring (bicyclic) bond motifs is 2. The Labute approximate surface area is 190 Å². The molecule has 4 rings (SSSR count). The molecule has 2 atom stereocenters. The number of benzene rings is 1. The Hall–Kier alpha value is -2.02. The smallest absolute Gasteiger partial charge is 0.224 e. The summed E-state index contributed by atoms with van der Waals surface area (Å²) in [5.74, 6) is 1.79. The van der Waals surface area contributed by atoms with Gasteiger partial charge in [0.2, 0.25) is 5.91 Å².